The van der Waals surface area contributed by atoms with E-state index in [4.69, 9.17) is 0 Å². The third kappa shape index (κ3) is 2.51. The number of nitrogens with zero attached hydrogens (tertiary/aromatic N) is 2. The van der Waals surface area contributed by atoms with E-state index in [1.807, 2.05) is 0 Å². The molecule has 2 saturated heterocycles. The van der Waals surface area contributed by atoms with Crippen molar-refractivity contribution in [3.05, 3.63) is 0 Å². The Morgan fingerprint density at radius 2 is 1.59 bits per heavy atom. The monoisotopic (exact) mass is 237 g/mol. The standard InChI is InChI=1S/C14H27N3/c1-15-12-4-6-13(7-5-12)17-10-9-16-8-2-3-14(16)11-17/h12-15H,2-11H2,1H3. The zero-order chi connectivity index (χ0) is 11.7. The van der Waals surface area contributed by atoms with Gasteiger partial charge in [0.25, 0.3) is 0 Å². The fourth-order valence-electron chi connectivity index (χ4n) is 4.08. The van der Waals surface area contributed by atoms with Gasteiger partial charge in [0.1, 0.15) is 0 Å². The number of fused-ring (bicyclic) bond motifs is 1. The molecule has 1 N–H and O–H groups in total. The molecule has 3 heteroatoms. The lowest BCUT2D eigenvalue weighted by molar-refractivity contribution is 0.0538. The van der Waals surface area contributed by atoms with E-state index in [0.717, 1.165) is 18.1 Å². The highest BCUT2D eigenvalue weighted by molar-refractivity contribution is 4.91. The molecule has 3 rings (SSSR count). The van der Waals surface area contributed by atoms with Crippen molar-refractivity contribution >= 4 is 0 Å². The first-order valence-electron chi connectivity index (χ1n) is 7.52. The summed E-state index contributed by atoms with van der Waals surface area (Å²) in [4.78, 5) is 5.52. The topological polar surface area (TPSA) is 18.5 Å². The molecule has 3 aliphatic rings. The van der Waals surface area contributed by atoms with Gasteiger partial charge in [0, 0.05) is 37.8 Å². The predicted octanol–water partition coefficient (Wildman–Crippen LogP) is 1.30. The molecular formula is C14H27N3. The van der Waals surface area contributed by atoms with Crippen LogP contribution in [0.15, 0.2) is 0 Å². The summed E-state index contributed by atoms with van der Waals surface area (Å²) >= 11 is 0. The van der Waals surface area contributed by atoms with E-state index in [-0.39, 0.29) is 0 Å². The summed E-state index contributed by atoms with van der Waals surface area (Å²) in [7, 11) is 2.11. The van der Waals surface area contributed by atoms with Gasteiger partial charge in [0.2, 0.25) is 0 Å². The minimum Gasteiger partial charge on any atom is -0.317 e. The maximum atomic E-state index is 3.44. The van der Waals surface area contributed by atoms with Crippen LogP contribution in [0.25, 0.3) is 0 Å². The average Bonchev–Trinajstić information content (AvgIpc) is 2.86. The third-order valence-electron chi connectivity index (χ3n) is 5.24. The van der Waals surface area contributed by atoms with Crippen molar-refractivity contribution in [2.75, 3.05) is 33.2 Å². The molecule has 0 radical (unpaired) electrons. The van der Waals surface area contributed by atoms with E-state index < -0.39 is 0 Å². The number of hydrogen-bond donors (Lipinski definition) is 1. The first-order valence-corrected chi connectivity index (χ1v) is 7.52. The molecule has 3 nitrogen and oxygen atoms in total. The SMILES string of the molecule is CNC1CCC(N2CCN3CCCC3C2)CC1. The van der Waals surface area contributed by atoms with Crippen molar-refractivity contribution in [2.45, 2.75) is 56.7 Å². The fraction of sp³-hybridized carbons (Fsp3) is 1.00. The minimum atomic E-state index is 0.791. The molecule has 1 unspecified atom stereocenters. The Morgan fingerprint density at radius 3 is 2.35 bits per heavy atom. The molecule has 1 aliphatic carbocycles. The summed E-state index contributed by atoms with van der Waals surface area (Å²) < 4.78 is 0. The van der Waals surface area contributed by atoms with Gasteiger partial charge in [-0.05, 0) is 52.1 Å². The highest BCUT2D eigenvalue weighted by Crippen LogP contribution is 2.28. The number of piperazine rings is 1. The normalized spacial score (nSPS) is 40.4. The molecule has 0 amide bonds. The molecule has 0 aromatic rings. The Bertz CT molecular complexity index is 248. The maximum Gasteiger partial charge on any atom is 0.0224 e. The highest BCUT2D eigenvalue weighted by atomic mass is 15.3. The van der Waals surface area contributed by atoms with Crippen LogP contribution in [-0.4, -0.2) is 61.2 Å². The summed E-state index contributed by atoms with van der Waals surface area (Å²) in [5.74, 6) is 0. The number of rotatable bonds is 2. The molecule has 0 aromatic heterocycles. The number of hydrogen-bond acceptors (Lipinski definition) is 3. The Kier molecular flexibility index (Phi) is 3.69. The fourth-order valence-corrected chi connectivity index (χ4v) is 4.08. The van der Waals surface area contributed by atoms with E-state index in [2.05, 4.69) is 22.2 Å². The van der Waals surface area contributed by atoms with Crippen LogP contribution in [0.1, 0.15) is 38.5 Å². The average molecular weight is 237 g/mol. The summed E-state index contributed by atoms with van der Waals surface area (Å²) in [6.07, 6.45) is 8.47. The summed E-state index contributed by atoms with van der Waals surface area (Å²) in [6, 6.07) is 2.58. The first kappa shape index (κ1) is 11.9. The summed E-state index contributed by atoms with van der Waals surface area (Å²) in [5.41, 5.74) is 0. The molecule has 2 heterocycles. The summed E-state index contributed by atoms with van der Waals surface area (Å²) in [5, 5.41) is 3.44. The summed E-state index contributed by atoms with van der Waals surface area (Å²) in [6.45, 7) is 5.38. The van der Waals surface area contributed by atoms with E-state index in [0.29, 0.717) is 0 Å². The van der Waals surface area contributed by atoms with Crippen LogP contribution in [0.5, 0.6) is 0 Å². The van der Waals surface area contributed by atoms with Gasteiger partial charge in [-0.1, -0.05) is 0 Å². The second kappa shape index (κ2) is 5.25. The smallest absolute Gasteiger partial charge is 0.0224 e. The molecule has 1 atom stereocenters. The van der Waals surface area contributed by atoms with Crippen molar-refractivity contribution in [3.63, 3.8) is 0 Å². The van der Waals surface area contributed by atoms with Crippen LogP contribution in [0.2, 0.25) is 0 Å². The molecule has 98 valence electrons. The van der Waals surface area contributed by atoms with E-state index in [1.54, 1.807) is 0 Å². The van der Waals surface area contributed by atoms with Gasteiger partial charge in [0.15, 0.2) is 0 Å². The van der Waals surface area contributed by atoms with Crippen LogP contribution < -0.4 is 5.32 Å². The van der Waals surface area contributed by atoms with Crippen molar-refractivity contribution in [1.29, 1.82) is 0 Å². The quantitative estimate of drug-likeness (QED) is 0.781. The van der Waals surface area contributed by atoms with Crippen molar-refractivity contribution in [2.24, 2.45) is 0 Å². The molecule has 1 saturated carbocycles. The second-order valence-electron chi connectivity index (χ2n) is 6.12. The molecular weight excluding hydrogens is 210 g/mol. The molecule has 17 heavy (non-hydrogen) atoms. The zero-order valence-corrected chi connectivity index (χ0v) is 11.2. The zero-order valence-electron chi connectivity index (χ0n) is 11.2. The van der Waals surface area contributed by atoms with Gasteiger partial charge < -0.3 is 5.32 Å². The lowest BCUT2D eigenvalue weighted by atomic mass is 9.89. The van der Waals surface area contributed by atoms with Gasteiger partial charge in [0.05, 0.1) is 0 Å². The molecule has 3 fully saturated rings. The number of nitrogens with one attached hydrogen (secondary N) is 1. The maximum absolute atomic E-state index is 3.44. The molecule has 0 bridgehead atoms. The van der Waals surface area contributed by atoms with E-state index >= 15 is 0 Å². The van der Waals surface area contributed by atoms with Crippen molar-refractivity contribution in [1.82, 2.24) is 15.1 Å². The van der Waals surface area contributed by atoms with Crippen LogP contribution in [-0.2, 0) is 0 Å². The Balaban J connectivity index is 1.52. The van der Waals surface area contributed by atoms with E-state index in [9.17, 15) is 0 Å². The van der Waals surface area contributed by atoms with Crippen molar-refractivity contribution < 1.29 is 0 Å². The van der Waals surface area contributed by atoms with Gasteiger partial charge in [-0.3, -0.25) is 9.80 Å². The van der Waals surface area contributed by atoms with Gasteiger partial charge in [-0.2, -0.15) is 0 Å². The highest BCUT2D eigenvalue weighted by Gasteiger charge is 2.34. The minimum absolute atomic E-state index is 0.791. The Hall–Kier alpha value is -0.120. The van der Waals surface area contributed by atoms with Gasteiger partial charge in [-0.15, -0.1) is 0 Å². The Labute approximate surface area is 106 Å². The second-order valence-corrected chi connectivity index (χ2v) is 6.12. The largest absolute Gasteiger partial charge is 0.317 e. The van der Waals surface area contributed by atoms with Gasteiger partial charge in [-0.25, -0.2) is 0 Å². The van der Waals surface area contributed by atoms with E-state index in [1.165, 1.54) is 64.7 Å². The predicted molar refractivity (Wildman–Crippen MR) is 71.3 cm³/mol. The van der Waals surface area contributed by atoms with Crippen molar-refractivity contribution in [3.8, 4) is 0 Å². The molecule has 0 aromatic carbocycles. The van der Waals surface area contributed by atoms with Crippen LogP contribution in [0, 0.1) is 0 Å². The lowest BCUT2D eigenvalue weighted by Crippen LogP contribution is -2.54. The molecule has 0 spiro atoms. The van der Waals surface area contributed by atoms with Crippen LogP contribution in [0.3, 0.4) is 0 Å². The van der Waals surface area contributed by atoms with Gasteiger partial charge >= 0.3 is 0 Å². The lowest BCUT2D eigenvalue weighted by Gasteiger charge is -2.43. The third-order valence-corrected chi connectivity index (χ3v) is 5.24. The molecule has 2 aliphatic heterocycles. The Morgan fingerprint density at radius 1 is 0.824 bits per heavy atom. The first-order chi connectivity index (χ1) is 8.36. The van der Waals surface area contributed by atoms with Crippen LogP contribution >= 0.6 is 0 Å². The van der Waals surface area contributed by atoms with Crippen LogP contribution in [0.4, 0.5) is 0 Å².